The van der Waals surface area contributed by atoms with Crippen LogP contribution in [0.4, 0.5) is 0 Å². The third-order valence-electron chi connectivity index (χ3n) is 3.15. The van der Waals surface area contributed by atoms with Gasteiger partial charge in [-0.2, -0.15) is 0 Å². The molecule has 3 rings (SSSR count). The van der Waals surface area contributed by atoms with Gasteiger partial charge in [0.2, 0.25) is 5.76 Å². The summed E-state index contributed by atoms with van der Waals surface area (Å²) >= 11 is 0. The predicted octanol–water partition coefficient (Wildman–Crippen LogP) is 3.81. The van der Waals surface area contributed by atoms with Gasteiger partial charge in [-0.3, -0.25) is 0 Å². The Balaban J connectivity index is 2.05. The number of ether oxygens (including phenoxy) is 1. The van der Waals surface area contributed by atoms with Crippen LogP contribution in [0.15, 0.2) is 52.9 Å². The quantitative estimate of drug-likeness (QED) is 0.784. The van der Waals surface area contributed by atoms with E-state index in [1.54, 1.807) is 13.2 Å². The van der Waals surface area contributed by atoms with Crippen LogP contribution in [0, 0.1) is 0 Å². The van der Waals surface area contributed by atoms with Crippen LogP contribution in [0.2, 0.25) is 0 Å². The average Bonchev–Trinajstić information content (AvgIpc) is 2.96. The van der Waals surface area contributed by atoms with E-state index in [0.29, 0.717) is 5.76 Å². The third-order valence-corrected chi connectivity index (χ3v) is 3.15. The SMILES string of the molecule is COc1ccc2cc(-c3ccc(C(=O)O)o3)ccc2c1. The number of carbonyl (C=O) groups is 1. The molecule has 0 bridgehead atoms. The predicted molar refractivity (Wildman–Crippen MR) is 75.2 cm³/mol. The van der Waals surface area contributed by atoms with E-state index in [4.69, 9.17) is 14.3 Å². The first-order chi connectivity index (χ1) is 9.67. The summed E-state index contributed by atoms with van der Waals surface area (Å²) in [5.74, 6) is 0.216. The number of methoxy groups -OCH3 is 1. The fourth-order valence-corrected chi connectivity index (χ4v) is 2.11. The molecule has 0 fully saturated rings. The van der Waals surface area contributed by atoms with E-state index in [1.165, 1.54) is 6.07 Å². The van der Waals surface area contributed by atoms with Gasteiger partial charge in [-0.25, -0.2) is 4.79 Å². The van der Waals surface area contributed by atoms with Crippen molar-refractivity contribution in [3.05, 3.63) is 54.3 Å². The fourth-order valence-electron chi connectivity index (χ4n) is 2.11. The van der Waals surface area contributed by atoms with E-state index in [2.05, 4.69) is 0 Å². The molecule has 0 aliphatic rings. The highest BCUT2D eigenvalue weighted by Crippen LogP contribution is 2.28. The molecule has 0 radical (unpaired) electrons. The van der Waals surface area contributed by atoms with Gasteiger partial charge in [-0.15, -0.1) is 0 Å². The van der Waals surface area contributed by atoms with Gasteiger partial charge >= 0.3 is 5.97 Å². The molecule has 100 valence electrons. The first-order valence-corrected chi connectivity index (χ1v) is 6.09. The second-order valence-corrected chi connectivity index (χ2v) is 4.40. The van der Waals surface area contributed by atoms with Crippen molar-refractivity contribution < 1.29 is 19.1 Å². The number of hydrogen-bond acceptors (Lipinski definition) is 3. The second kappa shape index (κ2) is 4.74. The van der Waals surface area contributed by atoms with E-state index >= 15 is 0 Å². The summed E-state index contributed by atoms with van der Waals surface area (Å²) in [5.41, 5.74) is 0.843. The Labute approximate surface area is 115 Å². The highest BCUT2D eigenvalue weighted by Gasteiger charge is 2.10. The molecular weight excluding hydrogens is 256 g/mol. The largest absolute Gasteiger partial charge is 0.497 e. The van der Waals surface area contributed by atoms with Gasteiger partial charge in [0, 0.05) is 5.56 Å². The molecular formula is C16H12O4. The molecule has 3 aromatic rings. The number of aromatic carboxylic acids is 1. The van der Waals surface area contributed by atoms with Crippen molar-refractivity contribution >= 4 is 16.7 Å². The molecule has 1 N–H and O–H groups in total. The Morgan fingerprint density at radius 3 is 2.50 bits per heavy atom. The molecule has 2 aromatic carbocycles. The van der Waals surface area contributed by atoms with Gasteiger partial charge in [0.1, 0.15) is 11.5 Å². The maximum Gasteiger partial charge on any atom is 0.371 e. The van der Waals surface area contributed by atoms with Crippen molar-refractivity contribution in [3.63, 3.8) is 0 Å². The zero-order valence-corrected chi connectivity index (χ0v) is 10.8. The van der Waals surface area contributed by atoms with Gasteiger partial charge in [-0.1, -0.05) is 18.2 Å². The molecule has 1 heterocycles. The summed E-state index contributed by atoms with van der Waals surface area (Å²) in [6, 6.07) is 14.7. The van der Waals surface area contributed by atoms with E-state index in [0.717, 1.165) is 22.1 Å². The van der Waals surface area contributed by atoms with Crippen molar-refractivity contribution in [2.75, 3.05) is 7.11 Å². The van der Waals surface area contributed by atoms with Gasteiger partial charge in [-0.05, 0) is 41.1 Å². The molecule has 0 aliphatic carbocycles. The van der Waals surface area contributed by atoms with Crippen molar-refractivity contribution in [2.45, 2.75) is 0 Å². The van der Waals surface area contributed by atoms with Crippen molar-refractivity contribution in [1.82, 2.24) is 0 Å². The standard InChI is InChI=1S/C16H12O4/c1-19-13-5-4-10-8-12(3-2-11(10)9-13)14-6-7-15(20-14)16(17)18/h2-9H,1H3,(H,17,18). The minimum atomic E-state index is -1.07. The van der Waals surface area contributed by atoms with Crippen molar-refractivity contribution in [1.29, 1.82) is 0 Å². The van der Waals surface area contributed by atoms with Crippen molar-refractivity contribution in [2.24, 2.45) is 0 Å². The topological polar surface area (TPSA) is 59.7 Å². The molecule has 4 nitrogen and oxygen atoms in total. The Bertz CT molecular complexity index is 786. The Morgan fingerprint density at radius 2 is 1.80 bits per heavy atom. The van der Waals surface area contributed by atoms with Crippen LogP contribution in [-0.2, 0) is 0 Å². The van der Waals surface area contributed by atoms with Crippen LogP contribution < -0.4 is 4.74 Å². The normalized spacial score (nSPS) is 10.7. The summed E-state index contributed by atoms with van der Waals surface area (Å²) < 4.78 is 10.5. The Morgan fingerprint density at radius 1 is 1.05 bits per heavy atom. The molecule has 1 aromatic heterocycles. The van der Waals surface area contributed by atoms with Gasteiger partial charge in [0.15, 0.2) is 0 Å². The molecule has 0 saturated heterocycles. The first-order valence-electron chi connectivity index (χ1n) is 6.09. The zero-order chi connectivity index (χ0) is 14.1. The smallest absolute Gasteiger partial charge is 0.371 e. The molecule has 20 heavy (non-hydrogen) atoms. The number of fused-ring (bicyclic) bond motifs is 1. The fraction of sp³-hybridized carbons (Fsp3) is 0.0625. The van der Waals surface area contributed by atoms with Crippen LogP contribution in [0.25, 0.3) is 22.1 Å². The average molecular weight is 268 g/mol. The highest BCUT2D eigenvalue weighted by atomic mass is 16.5. The lowest BCUT2D eigenvalue weighted by Crippen LogP contribution is -1.91. The highest BCUT2D eigenvalue weighted by molar-refractivity contribution is 5.89. The third kappa shape index (κ3) is 2.12. The van der Waals surface area contributed by atoms with Gasteiger partial charge < -0.3 is 14.3 Å². The van der Waals surface area contributed by atoms with Gasteiger partial charge in [0.25, 0.3) is 0 Å². The lowest BCUT2D eigenvalue weighted by atomic mass is 10.1. The number of rotatable bonds is 3. The van der Waals surface area contributed by atoms with E-state index in [-0.39, 0.29) is 5.76 Å². The maximum atomic E-state index is 10.8. The molecule has 0 aliphatic heterocycles. The van der Waals surface area contributed by atoms with Crippen LogP contribution in [0.5, 0.6) is 5.75 Å². The lowest BCUT2D eigenvalue weighted by Gasteiger charge is -2.04. The van der Waals surface area contributed by atoms with E-state index in [9.17, 15) is 4.79 Å². The van der Waals surface area contributed by atoms with Crippen LogP contribution in [0.3, 0.4) is 0 Å². The first kappa shape index (κ1) is 12.3. The molecule has 4 heteroatoms. The van der Waals surface area contributed by atoms with E-state index in [1.807, 2.05) is 36.4 Å². The lowest BCUT2D eigenvalue weighted by molar-refractivity contribution is 0.0663. The Kier molecular flexibility index (Phi) is 2.91. The molecule has 0 spiro atoms. The summed E-state index contributed by atoms with van der Waals surface area (Å²) in [6.07, 6.45) is 0. The number of carboxylic acids is 1. The zero-order valence-electron chi connectivity index (χ0n) is 10.8. The number of hydrogen-bond donors (Lipinski definition) is 1. The Hall–Kier alpha value is -2.75. The summed E-state index contributed by atoms with van der Waals surface area (Å²) in [7, 11) is 1.63. The van der Waals surface area contributed by atoms with Crippen LogP contribution in [-0.4, -0.2) is 18.2 Å². The number of benzene rings is 2. The van der Waals surface area contributed by atoms with Crippen LogP contribution in [0.1, 0.15) is 10.6 Å². The number of furan rings is 1. The minimum absolute atomic E-state index is 0.0603. The molecule has 0 unspecified atom stereocenters. The minimum Gasteiger partial charge on any atom is -0.497 e. The second-order valence-electron chi connectivity index (χ2n) is 4.40. The molecule has 0 amide bonds. The maximum absolute atomic E-state index is 10.8. The van der Waals surface area contributed by atoms with Gasteiger partial charge in [0.05, 0.1) is 7.11 Å². The number of carboxylic acid groups (broad SMARTS) is 1. The van der Waals surface area contributed by atoms with Crippen LogP contribution >= 0.6 is 0 Å². The summed E-state index contributed by atoms with van der Waals surface area (Å²) in [6.45, 7) is 0. The molecule has 0 saturated carbocycles. The summed E-state index contributed by atoms with van der Waals surface area (Å²) in [4.78, 5) is 10.8. The molecule has 0 atom stereocenters. The van der Waals surface area contributed by atoms with E-state index < -0.39 is 5.97 Å². The monoisotopic (exact) mass is 268 g/mol. The van der Waals surface area contributed by atoms with Crippen molar-refractivity contribution in [3.8, 4) is 17.1 Å². The summed E-state index contributed by atoms with van der Waals surface area (Å²) in [5, 5.41) is 11.0.